The molecule has 1 saturated heterocycles. The van der Waals surface area contributed by atoms with Gasteiger partial charge < -0.3 is 9.42 Å². The molecule has 22 heavy (non-hydrogen) atoms. The lowest BCUT2D eigenvalue weighted by Crippen LogP contribution is -2.28. The van der Waals surface area contributed by atoms with Gasteiger partial charge in [0.2, 0.25) is 5.91 Å². The average Bonchev–Trinajstić information content (AvgIpc) is 3.19. The Hall–Kier alpha value is -2.11. The first-order valence-corrected chi connectivity index (χ1v) is 7.75. The van der Waals surface area contributed by atoms with Gasteiger partial charge in [0, 0.05) is 36.7 Å². The molecule has 2 aromatic heterocycles. The Balaban J connectivity index is 1.57. The molecule has 1 N–H and O–H groups in total. The van der Waals surface area contributed by atoms with E-state index in [-0.39, 0.29) is 5.91 Å². The molecule has 0 aromatic carbocycles. The quantitative estimate of drug-likeness (QED) is 0.940. The van der Waals surface area contributed by atoms with E-state index in [0.29, 0.717) is 18.8 Å². The van der Waals surface area contributed by atoms with Crippen molar-refractivity contribution in [3.63, 3.8) is 0 Å². The molecular weight excluding hydrogens is 280 g/mol. The fourth-order valence-corrected chi connectivity index (χ4v) is 3.24. The van der Waals surface area contributed by atoms with E-state index in [9.17, 15) is 4.79 Å². The molecule has 1 aliphatic heterocycles. The van der Waals surface area contributed by atoms with Crippen LogP contribution in [0.4, 0.5) is 0 Å². The van der Waals surface area contributed by atoms with Crippen molar-refractivity contribution >= 4 is 5.91 Å². The summed E-state index contributed by atoms with van der Waals surface area (Å²) in [5, 5.41) is 11.1. The molecule has 0 unspecified atom stereocenters. The fourth-order valence-electron chi connectivity index (χ4n) is 3.24. The maximum absolute atomic E-state index is 12.4. The molecule has 0 radical (unpaired) electrons. The highest BCUT2D eigenvalue weighted by Crippen LogP contribution is 2.28. The summed E-state index contributed by atoms with van der Waals surface area (Å²) in [5.41, 5.74) is 4.29. The largest absolute Gasteiger partial charge is 0.361 e. The molecule has 2 aromatic rings. The second-order valence-corrected chi connectivity index (χ2v) is 6.09. The molecule has 6 heteroatoms. The van der Waals surface area contributed by atoms with E-state index in [1.807, 2.05) is 24.9 Å². The lowest BCUT2D eigenvalue weighted by atomic mass is 10.0. The van der Waals surface area contributed by atoms with E-state index < -0.39 is 0 Å². The Labute approximate surface area is 129 Å². The summed E-state index contributed by atoms with van der Waals surface area (Å²) in [6, 6.07) is 0. The Morgan fingerprint density at radius 3 is 2.91 bits per heavy atom. The smallest absolute Gasteiger partial charge is 0.222 e. The van der Waals surface area contributed by atoms with Crippen molar-refractivity contribution in [1.29, 1.82) is 0 Å². The topological polar surface area (TPSA) is 75.0 Å². The summed E-state index contributed by atoms with van der Waals surface area (Å²) in [6.45, 7) is 7.48. The minimum absolute atomic E-state index is 0.208. The molecular formula is C16H22N4O2. The van der Waals surface area contributed by atoms with E-state index in [0.717, 1.165) is 36.5 Å². The molecule has 0 aliphatic carbocycles. The van der Waals surface area contributed by atoms with Crippen LogP contribution in [0, 0.1) is 20.8 Å². The van der Waals surface area contributed by atoms with Gasteiger partial charge >= 0.3 is 0 Å². The highest BCUT2D eigenvalue weighted by Gasteiger charge is 2.29. The van der Waals surface area contributed by atoms with Crippen LogP contribution >= 0.6 is 0 Å². The standard InChI is InChI=1S/C16H22N4O2/c1-10-8-17-18-16(10)13-6-7-20(9-13)15(21)5-4-14-11(2)19-22-12(14)3/h8,13H,4-7,9H2,1-3H3,(H,17,18)/t13-/m0/s1. The van der Waals surface area contributed by atoms with Crippen LogP contribution in [0.2, 0.25) is 0 Å². The molecule has 118 valence electrons. The predicted octanol–water partition coefficient (Wildman–Crippen LogP) is 2.27. The Morgan fingerprint density at radius 2 is 2.27 bits per heavy atom. The molecule has 3 rings (SSSR count). The van der Waals surface area contributed by atoms with E-state index in [4.69, 9.17) is 4.52 Å². The monoisotopic (exact) mass is 302 g/mol. The predicted molar refractivity (Wildman–Crippen MR) is 81.6 cm³/mol. The number of hydrogen-bond donors (Lipinski definition) is 1. The van der Waals surface area contributed by atoms with Gasteiger partial charge in [-0.1, -0.05) is 5.16 Å². The van der Waals surface area contributed by atoms with E-state index in [2.05, 4.69) is 22.3 Å². The lowest BCUT2D eigenvalue weighted by molar-refractivity contribution is -0.130. The summed E-state index contributed by atoms with van der Waals surface area (Å²) >= 11 is 0. The van der Waals surface area contributed by atoms with Crippen LogP contribution in [0.25, 0.3) is 0 Å². The Bertz CT molecular complexity index is 654. The van der Waals surface area contributed by atoms with Gasteiger partial charge in [-0.2, -0.15) is 5.10 Å². The van der Waals surface area contributed by atoms with Crippen molar-refractivity contribution in [2.75, 3.05) is 13.1 Å². The Kier molecular flexibility index (Phi) is 4.00. The van der Waals surface area contributed by atoms with Crippen molar-refractivity contribution in [2.24, 2.45) is 0 Å². The van der Waals surface area contributed by atoms with Crippen LogP contribution < -0.4 is 0 Å². The highest BCUT2D eigenvalue weighted by molar-refractivity contribution is 5.77. The second-order valence-electron chi connectivity index (χ2n) is 6.09. The minimum atomic E-state index is 0.208. The summed E-state index contributed by atoms with van der Waals surface area (Å²) in [7, 11) is 0. The van der Waals surface area contributed by atoms with Crippen LogP contribution in [0.1, 0.15) is 47.0 Å². The molecule has 1 aliphatic rings. The van der Waals surface area contributed by atoms with Crippen LogP contribution in [0.15, 0.2) is 10.7 Å². The van der Waals surface area contributed by atoms with Crippen molar-refractivity contribution in [2.45, 2.75) is 46.0 Å². The number of aryl methyl sites for hydroxylation is 3. The van der Waals surface area contributed by atoms with Crippen LogP contribution in [-0.4, -0.2) is 39.3 Å². The van der Waals surface area contributed by atoms with Gasteiger partial charge in [-0.25, -0.2) is 0 Å². The normalized spacial score (nSPS) is 18.1. The van der Waals surface area contributed by atoms with Crippen molar-refractivity contribution in [3.8, 4) is 0 Å². The van der Waals surface area contributed by atoms with Crippen LogP contribution in [0.3, 0.4) is 0 Å². The van der Waals surface area contributed by atoms with E-state index in [1.54, 1.807) is 0 Å². The van der Waals surface area contributed by atoms with Gasteiger partial charge in [0.05, 0.1) is 11.9 Å². The Morgan fingerprint density at radius 1 is 1.45 bits per heavy atom. The zero-order valence-corrected chi connectivity index (χ0v) is 13.3. The fraction of sp³-hybridized carbons (Fsp3) is 0.562. The van der Waals surface area contributed by atoms with Gasteiger partial charge in [-0.3, -0.25) is 9.89 Å². The summed E-state index contributed by atoms with van der Waals surface area (Å²) in [5.74, 6) is 1.41. The molecule has 6 nitrogen and oxygen atoms in total. The number of aromatic nitrogens is 3. The number of amides is 1. The van der Waals surface area contributed by atoms with Gasteiger partial charge in [0.25, 0.3) is 0 Å². The number of hydrogen-bond acceptors (Lipinski definition) is 4. The number of aromatic amines is 1. The van der Waals surface area contributed by atoms with Gasteiger partial charge in [0.15, 0.2) is 0 Å². The number of likely N-dealkylation sites (tertiary alicyclic amines) is 1. The average molecular weight is 302 g/mol. The van der Waals surface area contributed by atoms with Gasteiger partial charge in [0.1, 0.15) is 5.76 Å². The first kappa shape index (κ1) is 14.8. The van der Waals surface area contributed by atoms with Crippen LogP contribution in [-0.2, 0) is 11.2 Å². The number of H-pyrrole nitrogens is 1. The summed E-state index contributed by atoms with van der Waals surface area (Å²) in [4.78, 5) is 14.4. The molecule has 0 saturated carbocycles. The summed E-state index contributed by atoms with van der Waals surface area (Å²) in [6.07, 6.45) is 4.05. The number of carbonyl (C=O) groups excluding carboxylic acids is 1. The van der Waals surface area contributed by atoms with Crippen molar-refractivity contribution in [3.05, 3.63) is 34.5 Å². The third kappa shape index (κ3) is 2.77. The molecule has 1 fully saturated rings. The van der Waals surface area contributed by atoms with Crippen LogP contribution in [0.5, 0.6) is 0 Å². The second kappa shape index (κ2) is 5.94. The number of carbonyl (C=O) groups is 1. The van der Waals surface area contributed by atoms with E-state index >= 15 is 0 Å². The summed E-state index contributed by atoms with van der Waals surface area (Å²) < 4.78 is 5.15. The molecule has 1 atom stereocenters. The zero-order valence-electron chi connectivity index (χ0n) is 13.3. The number of nitrogens with one attached hydrogen (secondary N) is 1. The molecule has 0 bridgehead atoms. The molecule has 0 spiro atoms. The van der Waals surface area contributed by atoms with Gasteiger partial charge in [-0.15, -0.1) is 0 Å². The molecule has 3 heterocycles. The zero-order chi connectivity index (χ0) is 15.7. The molecule has 1 amide bonds. The van der Waals surface area contributed by atoms with E-state index in [1.165, 1.54) is 11.3 Å². The third-order valence-corrected chi connectivity index (χ3v) is 4.59. The maximum Gasteiger partial charge on any atom is 0.222 e. The third-order valence-electron chi connectivity index (χ3n) is 4.59. The highest BCUT2D eigenvalue weighted by atomic mass is 16.5. The number of nitrogens with zero attached hydrogens (tertiary/aromatic N) is 3. The van der Waals surface area contributed by atoms with Crippen molar-refractivity contribution < 1.29 is 9.32 Å². The first-order chi connectivity index (χ1) is 10.6. The van der Waals surface area contributed by atoms with Crippen molar-refractivity contribution in [1.82, 2.24) is 20.3 Å². The lowest BCUT2D eigenvalue weighted by Gasteiger charge is -2.16. The number of rotatable bonds is 4. The maximum atomic E-state index is 12.4. The minimum Gasteiger partial charge on any atom is -0.361 e. The van der Waals surface area contributed by atoms with Gasteiger partial charge in [-0.05, 0) is 39.2 Å². The SMILES string of the molecule is Cc1cn[nH]c1[C@H]1CCN(C(=O)CCc2c(C)noc2C)C1. The first-order valence-electron chi connectivity index (χ1n) is 7.75.